The molecule has 0 bridgehead atoms. The minimum Gasteiger partial charge on any atom is -0.307 e. The standard InChI is InChI=1S/C7H11O4P/c1-4-5-6-7(8)12(9,10-2)11-3/h1H,5-6H2,2-3H3. The van der Waals surface area contributed by atoms with Crippen LogP contribution in [0.15, 0.2) is 0 Å². The molecule has 0 radical (unpaired) electrons. The van der Waals surface area contributed by atoms with Crippen LogP contribution in [0.5, 0.6) is 0 Å². The van der Waals surface area contributed by atoms with Gasteiger partial charge in [0.15, 0.2) is 0 Å². The van der Waals surface area contributed by atoms with Gasteiger partial charge in [0, 0.05) is 27.1 Å². The van der Waals surface area contributed by atoms with Crippen LogP contribution in [-0.4, -0.2) is 19.7 Å². The summed E-state index contributed by atoms with van der Waals surface area (Å²) < 4.78 is 20.2. The predicted molar refractivity (Wildman–Crippen MR) is 44.7 cm³/mol. The fraction of sp³-hybridized carbons (Fsp3) is 0.571. The summed E-state index contributed by atoms with van der Waals surface area (Å²) in [7, 11) is -1.21. The van der Waals surface area contributed by atoms with E-state index in [1.807, 2.05) is 0 Å². The van der Waals surface area contributed by atoms with Gasteiger partial charge in [-0.2, -0.15) is 0 Å². The number of terminal acetylenes is 1. The summed E-state index contributed by atoms with van der Waals surface area (Å²) >= 11 is 0. The van der Waals surface area contributed by atoms with Crippen molar-refractivity contribution in [2.24, 2.45) is 0 Å². The second kappa shape index (κ2) is 5.10. The van der Waals surface area contributed by atoms with Crippen molar-refractivity contribution in [3.05, 3.63) is 0 Å². The Morgan fingerprint density at radius 3 is 2.33 bits per heavy atom. The third-order valence-electron chi connectivity index (χ3n) is 1.27. The van der Waals surface area contributed by atoms with Gasteiger partial charge in [0.1, 0.15) is 0 Å². The lowest BCUT2D eigenvalue weighted by Crippen LogP contribution is -2.02. The molecule has 0 aromatic heterocycles. The van der Waals surface area contributed by atoms with Crippen LogP contribution in [0.2, 0.25) is 0 Å². The molecule has 0 saturated carbocycles. The summed E-state index contributed by atoms with van der Waals surface area (Å²) in [6.45, 7) is 0. The van der Waals surface area contributed by atoms with Gasteiger partial charge in [-0.25, -0.2) is 0 Å². The van der Waals surface area contributed by atoms with E-state index in [9.17, 15) is 9.36 Å². The van der Waals surface area contributed by atoms with Crippen LogP contribution in [0.1, 0.15) is 12.8 Å². The fourth-order valence-electron chi connectivity index (χ4n) is 0.594. The maximum absolute atomic E-state index is 11.3. The molecular weight excluding hydrogens is 179 g/mol. The van der Waals surface area contributed by atoms with Gasteiger partial charge in [-0.1, -0.05) is 0 Å². The first-order valence-corrected chi connectivity index (χ1v) is 4.83. The van der Waals surface area contributed by atoms with Gasteiger partial charge in [0.2, 0.25) is 5.52 Å². The van der Waals surface area contributed by atoms with E-state index >= 15 is 0 Å². The SMILES string of the molecule is C#CCCC(=O)P(=O)(OC)OC. The summed E-state index contributed by atoms with van der Waals surface area (Å²) in [5.74, 6) is 2.27. The first kappa shape index (κ1) is 11.4. The van der Waals surface area contributed by atoms with Gasteiger partial charge in [0.25, 0.3) is 0 Å². The minimum absolute atomic E-state index is 0.0233. The Morgan fingerprint density at radius 2 is 2.00 bits per heavy atom. The van der Waals surface area contributed by atoms with Gasteiger partial charge in [-0.15, -0.1) is 12.3 Å². The molecule has 0 unspecified atom stereocenters. The molecule has 0 aliphatic carbocycles. The zero-order chi connectivity index (χ0) is 9.61. The molecule has 0 N–H and O–H groups in total. The Bertz CT molecular complexity index is 232. The van der Waals surface area contributed by atoms with Crippen LogP contribution in [0.3, 0.4) is 0 Å². The van der Waals surface area contributed by atoms with Crippen LogP contribution in [-0.2, 0) is 18.4 Å². The molecule has 68 valence electrons. The van der Waals surface area contributed by atoms with Gasteiger partial charge in [-0.3, -0.25) is 9.36 Å². The molecule has 0 aromatic carbocycles. The molecule has 0 aliphatic rings. The van der Waals surface area contributed by atoms with E-state index in [1.165, 1.54) is 0 Å². The van der Waals surface area contributed by atoms with Crippen molar-refractivity contribution in [1.29, 1.82) is 0 Å². The van der Waals surface area contributed by atoms with Gasteiger partial charge in [0.05, 0.1) is 0 Å². The summed E-state index contributed by atoms with van der Waals surface area (Å²) in [4.78, 5) is 11.1. The number of hydrogen-bond acceptors (Lipinski definition) is 4. The summed E-state index contributed by atoms with van der Waals surface area (Å²) in [5, 5.41) is 0. The quantitative estimate of drug-likeness (QED) is 0.485. The van der Waals surface area contributed by atoms with Crippen molar-refractivity contribution in [2.75, 3.05) is 14.2 Å². The Hall–Kier alpha value is -0.620. The van der Waals surface area contributed by atoms with Crippen molar-refractivity contribution in [1.82, 2.24) is 0 Å². The molecule has 0 rings (SSSR count). The van der Waals surface area contributed by atoms with E-state index in [0.29, 0.717) is 0 Å². The highest BCUT2D eigenvalue weighted by Gasteiger charge is 2.30. The van der Waals surface area contributed by atoms with Gasteiger partial charge >= 0.3 is 7.60 Å². The first-order valence-electron chi connectivity index (χ1n) is 3.29. The molecule has 0 amide bonds. The Balaban J connectivity index is 4.25. The maximum Gasteiger partial charge on any atom is 0.396 e. The number of hydrogen-bond donors (Lipinski definition) is 0. The van der Waals surface area contributed by atoms with Crippen molar-refractivity contribution in [2.45, 2.75) is 12.8 Å². The molecule has 0 spiro atoms. The zero-order valence-corrected chi connectivity index (χ0v) is 7.97. The van der Waals surface area contributed by atoms with Crippen molar-refractivity contribution in [3.63, 3.8) is 0 Å². The number of carbonyl (C=O) groups is 1. The third kappa shape index (κ3) is 2.78. The van der Waals surface area contributed by atoms with Gasteiger partial charge < -0.3 is 9.05 Å². The Morgan fingerprint density at radius 1 is 1.50 bits per heavy atom. The van der Waals surface area contributed by atoms with E-state index < -0.39 is 13.1 Å². The van der Waals surface area contributed by atoms with Crippen LogP contribution in [0, 0.1) is 12.3 Å². The van der Waals surface area contributed by atoms with E-state index in [4.69, 9.17) is 6.42 Å². The average molecular weight is 190 g/mol. The highest BCUT2D eigenvalue weighted by atomic mass is 31.2. The second-order valence-corrected chi connectivity index (χ2v) is 4.18. The predicted octanol–water partition coefficient (Wildman–Crippen LogP) is 1.41. The first-order chi connectivity index (χ1) is 5.60. The smallest absolute Gasteiger partial charge is 0.307 e. The lowest BCUT2D eigenvalue weighted by molar-refractivity contribution is -0.113. The second-order valence-electron chi connectivity index (χ2n) is 1.96. The molecular formula is C7H11O4P. The minimum atomic E-state index is -3.54. The third-order valence-corrected chi connectivity index (χ3v) is 3.07. The Kier molecular flexibility index (Phi) is 4.84. The molecule has 4 nitrogen and oxygen atoms in total. The van der Waals surface area contributed by atoms with Crippen LogP contribution < -0.4 is 0 Å². The van der Waals surface area contributed by atoms with E-state index in [2.05, 4.69) is 15.0 Å². The number of rotatable bonds is 5. The monoisotopic (exact) mass is 190 g/mol. The maximum atomic E-state index is 11.3. The van der Waals surface area contributed by atoms with E-state index in [-0.39, 0.29) is 12.8 Å². The topological polar surface area (TPSA) is 52.6 Å². The molecule has 0 atom stereocenters. The fourth-order valence-corrected chi connectivity index (χ4v) is 1.54. The van der Waals surface area contributed by atoms with Crippen molar-refractivity contribution < 1.29 is 18.4 Å². The number of carbonyl (C=O) groups excluding carboxylic acids is 1. The highest BCUT2D eigenvalue weighted by Crippen LogP contribution is 2.48. The van der Waals surface area contributed by atoms with E-state index in [1.54, 1.807) is 0 Å². The lowest BCUT2D eigenvalue weighted by atomic mass is 10.3. The van der Waals surface area contributed by atoms with Crippen molar-refractivity contribution in [3.8, 4) is 12.3 Å². The molecule has 0 fully saturated rings. The summed E-state index contributed by atoms with van der Waals surface area (Å²) in [6, 6.07) is 0. The summed E-state index contributed by atoms with van der Waals surface area (Å²) in [6.07, 6.45) is 5.20. The summed E-state index contributed by atoms with van der Waals surface area (Å²) in [5.41, 5.74) is -0.578. The molecule has 0 aromatic rings. The molecule has 5 heteroatoms. The Labute approximate surface area is 71.8 Å². The van der Waals surface area contributed by atoms with E-state index in [0.717, 1.165) is 14.2 Å². The highest BCUT2D eigenvalue weighted by molar-refractivity contribution is 7.71. The zero-order valence-electron chi connectivity index (χ0n) is 7.07. The van der Waals surface area contributed by atoms with Gasteiger partial charge in [-0.05, 0) is 0 Å². The van der Waals surface area contributed by atoms with Crippen LogP contribution in [0.25, 0.3) is 0 Å². The molecule has 0 heterocycles. The lowest BCUT2D eigenvalue weighted by Gasteiger charge is -2.10. The largest absolute Gasteiger partial charge is 0.396 e. The molecule has 12 heavy (non-hydrogen) atoms. The van der Waals surface area contributed by atoms with Crippen molar-refractivity contribution >= 4 is 13.1 Å². The van der Waals surface area contributed by atoms with Crippen LogP contribution in [0.4, 0.5) is 0 Å². The normalized spacial score (nSPS) is 10.8. The molecule has 0 aliphatic heterocycles. The molecule has 0 saturated heterocycles. The average Bonchev–Trinajstić information content (AvgIpc) is 2.12. The van der Waals surface area contributed by atoms with Crippen LogP contribution >= 0.6 is 7.60 Å².